The molecular formula is C12H18N4O5. The summed E-state index contributed by atoms with van der Waals surface area (Å²) in [6.07, 6.45) is 1.32. The van der Waals surface area contributed by atoms with Crippen LogP contribution in [0.1, 0.15) is 29.0 Å². The minimum absolute atomic E-state index is 0.0529. The lowest BCUT2D eigenvalue weighted by atomic mass is 10.1. The molecule has 1 aromatic heterocycles. The van der Waals surface area contributed by atoms with Crippen LogP contribution in [0, 0.1) is 0 Å². The Bertz CT molecular complexity index is 484. The fourth-order valence-electron chi connectivity index (χ4n) is 2.06. The van der Waals surface area contributed by atoms with Crippen LogP contribution >= 0.6 is 0 Å². The third-order valence-electron chi connectivity index (χ3n) is 3.10. The molecule has 1 aromatic rings. The Labute approximate surface area is 121 Å². The number of carbonyl (C=O) groups excluding carboxylic acids is 1. The second-order valence-corrected chi connectivity index (χ2v) is 4.75. The summed E-state index contributed by atoms with van der Waals surface area (Å²) >= 11 is 0. The summed E-state index contributed by atoms with van der Waals surface area (Å²) in [6, 6.07) is 0.0529. The van der Waals surface area contributed by atoms with Crippen LogP contribution in [0.4, 0.5) is 0 Å². The van der Waals surface area contributed by atoms with E-state index >= 15 is 0 Å². The molecule has 2 heterocycles. The fourth-order valence-corrected chi connectivity index (χ4v) is 2.06. The molecule has 1 aliphatic heterocycles. The van der Waals surface area contributed by atoms with Gasteiger partial charge in [-0.2, -0.15) is 0 Å². The first-order valence-corrected chi connectivity index (χ1v) is 6.79. The number of carboxylic acid groups (broad SMARTS) is 1. The topological polar surface area (TPSA) is 127 Å². The Morgan fingerprint density at radius 2 is 2.29 bits per heavy atom. The Balaban J connectivity index is 1.63. The molecule has 1 aliphatic rings. The Morgan fingerprint density at radius 1 is 1.43 bits per heavy atom. The quantitative estimate of drug-likeness (QED) is 0.558. The van der Waals surface area contributed by atoms with Gasteiger partial charge in [-0.3, -0.25) is 4.79 Å². The first-order chi connectivity index (χ1) is 10.2. The van der Waals surface area contributed by atoms with E-state index in [1.807, 2.05) is 0 Å². The van der Waals surface area contributed by atoms with Gasteiger partial charge in [-0.05, 0) is 18.0 Å². The number of nitrogens with zero attached hydrogens (tertiary/aromatic N) is 2. The third-order valence-corrected chi connectivity index (χ3v) is 3.10. The number of carboxylic acids is 1. The maximum Gasteiger partial charge on any atom is 0.360 e. The molecule has 0 radical (unpaired) electrons. The van der Waals surface area contributed by atoms with Crippen LogP contribution < -0.4 is 10.6 Å². The second kappa shape index (κ2) is 7.70. The van der Waals surface area contributed by atoms with E-state index in [-0.39, 0.29) is 17.6 Å². The van der Waals surface area contributed by atoms with Crippen LogP contribution in [0.3, 0.4) is 0 Å². The van der Waals surface area contributed by atoms with Crippen LogP contribution in [-0.4, -0.2) is 59.6 Å². The molecular weight excluding hydrogens is 280 g/mol. The first-order valence-electron chi connectivity index (χ1n) is 6.79. The maximum atomic E-state index is 11.7. The second-order valence-electron chi connectivity index (χ2n) is 4.75. The number of ether oxygens (including phenoxy) is 1. The molecule has 116 valence electrons. The monoisotopic (exact) mass is 298 g/mol. The minimum atomic E-state index is -1.17. The fraction of sp³-hybridized carbons (Fsp3) is 0.667. The van der Waals surface area contributed by atoms with Crippen molar-refractivity contribution in [3.05, 3.63) is 11.4 Å². The van der Waals surface area contributed by atoms with E-state index in [4.69, 9.17) is 9.84 Å². The molecule has 1 fully saturated rings. The van der Waals surface area contributed by atoms with Crippen molar-refractivity contribution < 1.29 is 24.1 Å². The summed E-state index contributed by atoms with van der Waals surface area (Å²) in [5, 5.41) is 21.7. The highest BCUT2D eigenvalue weighted by Crippen LogP contribution is 2.05. The van der Waals surface area contributed by atoms with Gasteiger partial charge < -0.3 is 20.5 Å². The number of hydrogen-bond donors (Lipinski definition) is 3. The van der Waals surface area contributed by atoms with Gasteiger partial charge in [0, 0.05) is 25.6 Å². The largest absolute Gasteiger partial charge is 0.476 e. The molecule has 0 bridgehead atoms. The third kappa shape index (κ3) is 4.80. The van der Waals surface area contributed by atoms with Gasteiger partial charge in [-0.1, -0.05) is 5.16 Å². The number of nitrogens with one attached hydrogen (secondary N) is 2. The number of carbonyl (C=O) groups is 2. The number of hydrogen-bond acceptors (Lipinski definition) is 7. The van der Waals surface area contributed by atoms with Crippen molar-refractivity contribution in [1.82, 2.24) is 20.9 Å². The average Bonchev–Trinajstić information content (AvgIpc) is 2.93. The molecule has 1 saturated heterocycles. The lowest BCUT2D eigenvalue weighted by Gasteiger charge is -2.23. The zero-order valence-electron chi connectivity index (χ0n) is 11.5. The van der Waals surface area contributed by atoms with E-state index in [0.29, 0.717) is 44.7 Å². The van der Waals surface area contributed by atoms with Gasteiger partial charge in [-0.25, -0.2) is 9.42 Å². The summed E-state index contributed by atoms with van der Waals surface area (Å²) in [5.41, 5.74) is 0.115. The van der Waals surface area contributed by atoms with Crippen molar-refractivity contribution in [2.45, 2.75) is 25.3 Å². The van der Waals surface area contributed by atoms with E-state index in [1.54, 1.807) is 0 Å². The maximum absolute atomic E-state index is 11.7. The van der Waals surface area contributed by atoms with Crippen LogP contribution in [0.2, 0.25) is 0 Å². The lowest BCUT2D eigenvalue weighted by molar-refractivity contribution is -0.122. The summed E-state index contributed by atoms with van der Waals surface area (Å²) in [5.74, 6) is -1.23. The molecule has 3 N–H and O–H groups in total. The number of aromatic carboxylic acids is 1. The molecule has 1 amide bonds. The Hall–Kier alpha value is -2.00. The summed E-state index contributed by atoms with van der Waals surface area (Å²) in [6.45, 7) is 2.42. The van der Waals surface area contributed by atoms with Crippen molar-refractivity contribution in [3.63, 3.8) is 0 Å². The highest BCUT2D eigenvalue weighted by molar-refractivity contribution is 5.86. The Morgan fingerprint density at radius 3 is 3.00 bits per heavy atom. The number of aromatic nitrogens is 2. The molecule has 0 aromatic carbocycles. The SMILES string of the molecule is O=C(C[C@@H]1COCCN1)NCCCc1nonc1C(=O)O. The molecule has 2 rings (SSSR count). The average molecular weight is 298 g/mol. The number of amides is 1. The standard InChI is InChI=1S/C12H18N4O5/c17-10(6-8-7-20-5-4-13-8)14-3-1-2-9-11(12(18)19)16-21-15-9/h8,13H,1-7H2,(H,14,17)(H,18,19)/t8-/m1/s1. The molecule has 1 atom stereocenters. The smallest absolute Gasteiger partial charge is 0.360 e. The summed E-state index contributed by atoms with van der Waals surface area (Å²) in [4.78, 5) is 22.5. The molecule has 0 spiro atoms. The van der Waals surface area contributed by atoms with Gasteiger partial charge in [0.05, 0.1) is 13.2 Å². The van der Waals surface area contributed by atoms with Crippen LogP contribution in [0.5, 0.6) is 0 Å². The summed E-state index contributed by atoms with van der Waals surface area (Å²) in [7, 11) is 0. The minimum Gasteiger partial charge on any atom is -0.476 e. The van der Waals surface area contributed by atoms with E-state index in [0.717, 1.165) is 6.54 Å². The molecule has 0 aliphatic carbocycles. The van der Waals surface area contributed by atoms with E-state index in [2.05, 4.69) is 25.6 Å². The van der Waals surface area contributed by atoms with Gasteiger partial charge in [0.15, 0.2) is 0 Å². The first kappa shape index (κ1) is 15.4. The predicted molar refractivity (Wildman–Crippen MR) is 69.8 cm³/mol. The van der Waals surface area contributed by atoms with Gasteiger partial charge in [-0.15, -0.1) is 0 Å². The number of rotatable bonds is 7. The predicted octanol–water partition coefficient (Wildman–Crippen LogP) is -0.805. The number of aryl methyl sites for hydroxylation is 1. The highest BCUT2D eigenvalue weighted by atomic mass is 16.6. The van der Waals surface area contributed by atoms with Gasteiger partial charge in [0.1, 0.15) is 5.69 Å². The zero-order chi connectivity index (χ0) is 15.1. The van der Waals surface area contributed by atoms with Crippen molar-refractivity contribution in [1.29, 1.82) is 0 Å². The molecule has 21 heavy (non-hydrogen) atoms. The van der Waals surface area contributed by atoms with E-state index in [9.17, 15) is 9.59 Å². The lowest BCUT2D eigenvalue weighted by Crippen LogP contribution is -2.44. The van der Waals surface area contributed by atoms with Crippen LogP contribution in [0.25, 0.3) is 0 Å². The van der Waals surface area contributed by atoms with Crippen molar-refractivity contribution >= 4 is 11.9 Å². The zero-order valence-corrected chi connectivity index (χ0v) is 11.5. The van der Waals surface area contributed by atoms with Gasteiger partial charge >= 0.3 is 5.97 Å². The van der Waals surface area contributed by atoms with Crippen molar-refractivity contribution in [2.24, 2.45) is 0 Å². The van der Waals surface area contributed by atoms with Crippen LogP contribution in [-0.2, 0) is 16.0 Å². The van der Waals surface area contributed by atoms with Gasteiger partial charge in [0.2, 0.25) is 11.6 Å². The summed E-state index contributed by atoms with van der Waals surface area (Å²) < 4.78 is 9.66. The van der Waals surface area contributed by atoms with Crippen LogP contribution in [0.15, 0.2) is 4.63 Å². The Kier molecular flexibility index (Phi) is 5.64. The number of morpholine rings is 1. The molecule has 9 heteroatoms. The highest BCUT2D eigenvalue weighted by Gasteiger charge is 2.18. The molecule has 9 nitrogen and oxygen atoms in total. The van der Waals surface area contributed by atoms with Crippen molar-refractivity contribution in [2.75, 3.05) is 26.3 Å². The van der Waals surface area contributed by atoms with Crippen molar-refractivity contribution in [3.8, 4) is 0 Å². The van der Waals surface area contributed by atoms with E-state index < -0.39 is 5.97 Å². The van der Waals surface area contributed by atoms with E-state index in [1.165, 1.54) is 0 Å². The molecule has 0 unspecified atom stereocenters. The van der Waals surface area contributed by atoms with Gasteiger partial charge in [0.25, 0.3) is 0 Å². The molecule has 0 saturated carbocycles. The normalized spacial score (nSPS) is 18.4.